The Kier molecular flexibility index (Phi) is 7.32. The van der Waals surface area contributed by atoms with Gasteiger partial charge in [0.25, 0.3) is 5.91 Å². The van der Waals surface area contributed by atoms with Gasteiger partial charge in [-0.25, -0.2) is 4.39 Å². The molecule has 0 atom stereocenters. The first kappa shape index (κ1) is 18.4. The van der Waals surface area contributed by atoms with Crippen LogP contribution in [0.15, 0.2) is 12.1 Å². The van der Waals surface area contributed by atoms with Crippen LogP contribution < -0.4 is 4.74 Å². The van der Waals surface area contributed by atoms with Crippen LogP contribution in [0.3, 0.4) is 0 Å². The van der Waals surface area contributed by atoms with Crippen molar-refractivity contribution in [2.45, 2.75) is 33.6 Å². The van der Waals surface area contributed by atoms with Crippen molar-refractivity contribution in [3.63, 3.8) is 0 Å². The zero-order valence-electron chi connectivity index (χ0n) is 14.1. The molecular weight excluding hydrogens is 285 g/mol. The predicted octanol–water partition coefficient (Wildman–Crippen LogP) is 3.46. The number of carbonyl (C=O) groups is 1. The summed E-state index contributed by atoms with van der Waals surface area (Å²) < 4.78 is 24.7. The van der Waals surface area contributed by atoms with Crippen LogP contribution in [0.5, 0.6) is 5.75 Å². The topological polar surface area (TPSA) is 38.8 Å². The highest BCUT2D eigenvalue weighted by molar-refractivity contribution is 5.95. The summed E-state index contributed by atoms with van der Waals surface area (Å²) in [7, 11) is 1.53. The fourth-order valence-electron chi connectivity index (χ4n) is 2.30. The molecule has 0 saturated carbocycles. The van der Waals surface area contributed by atoms with Gasteiger partial charge >= 0.3 is 0 Å². The van der Waals surface area contributed by atoms with Crippen molar-refractivity contribution in [1.82, 2.24) is 4.90 Å². The van der Waals surface area contributed by atoms with E-state index in [0.717, 1.165) is 5.56 Å². The number of rotatable bonds is 3. The average Bonchev–Trinajstić information content (AvgIpc) is 2.56. The lowest BCUT2D eigenvalue weighted by Crippen LogP contribution is -2.41. The third-order valence-electron chi connectivity index (χ3n) is 3.47. The minimum atomic E-state index is -0.494. The number of hydrogen-bond acceptors (Lipinski definition) is 3. The molecule has 2 rings (SSSR count). The third-order valence-corrected chi connectivity index (χ3v) is 3.47. The van der Waals surface area contributed by atoms with Crippen molar-refractivity contribution < 1.29 is 18.7 Å². The van der Waals surface area contributed by atoms with E-state index < -0.39 is 5.82 Å². The average molecular weight is 311 g/mol. The van der Waals surface area contributed by atoms with Crippen molar-refractivity contribution >= 4 is 5.91 Å². The number of nitrogens with zero attached hydrogens (tertiary/aromatic N) is 1. The fraction of sp³-hybridized carbons (Fsp3) is 0.588. The minimum absolute atomic E-state index is 0.0631. The molecule has 124 valence electrons. The molecule has 1 aliphatic rings. The van der Waals surface area contributed by atoms with Crippen LogP contribution in [-0.2, 0) is 4.74 Å². The zero-order valence-corrected chi connectivity index (χ0v) is 14.1. The molecule has 5 heteroatoms. The maximum absolute atomic E-state index is 14.2. The molecule has 22 heavy (non-hydrogen) atoms. The number of benzene rings is 1. The summed E-state index contributed by atoms with van der Waals surface area (Å²) in [5.74, 6) is -0.115. The summed E-state index contributed by atoms with van der Waals surface area (Å²) in [6.07, 6.45) is 0. The molecule has 0 aromatic heterocycles. The van der Waals surface area contributed by atoms with Crippen LogP contribution in [0, 0.1) is 5.82 Å². The Hall–Kier alpha value is -1.62. The standard InChI is InChI=1S/C15H20FNO3.C2H6/c1-10(2)11-8-13(16)12(9-14(11)19-3)15(18)17-4-6-20-7-5-17;1-2/h8-10H,4-7H2,1-3H3;1-2H3. The molecule has 1 amide bonds. The number of hydrogen-bond donors (Lipinski definition) is 0. The molecule has 1 fully saturated rings. The minimum Gasteiger partial charge on any atom is -0.496 e. The van der Waals surface area contributed by atoms with Crippen LogP contribution in [0.25, 0.3) is 0 Å². The molecule has 1 aliphatic heterocycles. The summed E-state index contributed by atoms with van der Waals surface area (Å²) in [5.41, 5.74) is 0.830. The van der Waals surface area contributed by atoms with Crippen molar-refractivity contribution in [2.75, 3.05) is 33.4 Å². The smallest absolute Gasteiger partial charge is 0.257 e. The Morgan fingerprint density at radius 1 is 1.27 bits per heavy atom. The number of ether oxygens (including phenoxy) is 2. The molecule has 0 N–H and O–H groups in total. The molecule has 0 aliphatic carbocycles. The van der Waals surface area contributed by atoms with Gasteiger partial charge in [0.2, 0.25) is 0 Å². The summed E-state index contributed by atoms with van der Waals surface area (Å²) in [4.78, 5) is 14.0. The van der Waals surface area contributed by atoms with Gasteiger partial charge in [-0.1, -0.05) is 27.7 Å². The molecule has 1 saturated heterocycles. The second kappa shape index (κ2) is 8.73. The van der Waals surface area contributed by atoms with Crippen molar-refractivity contribution in [3.8, 4) is 5.75 Å². The number of carbonyl (C=O) groups excluding carboxylic acids is 1. The van der Waals surface area contributed by atoms with Crippen LogP contribution >= 0.6 is 0 Å². The quantitative estimate of drug-likeness (QED) is 0.858. The molecule has 1 aromatic carbocycles. The van der Waals surface area contributed by atoms with E-state index in [4.69, 9.17) is 9.47 Å². The van der Waals surface area contributed by atoms with Gasteiger partial charge in [-0.15, -0.1) is 0 Å². The fourth-order valence-corrected chi connectivity index (χ4v) is 2.30. The Bertz CT molecular complexity index is 497. The maximum atomic E-state index is 14.2. The van der Waals surface area contributed by atoms with Gasteiger partial charge in [-0.3, -0.25) is 4.79 Å². The Morgan fingerprint density at radius 3 is 2.36 bits per heavy atom. The van der Waals surface area contributed by atoms with Gasteiger partial charge in [-0.2, -0.15) is 0 Å². The second-order valence-corrected chi connectivity index (χ2v) is 5.13. The third kappa shape index (κ3) is 4.19. The Balaban J connectivity index is 0.00000116. The Labute approximate surface area is 132 Å². The van der Waals surface area contributed by atoms with Crippen molar-refractivity contribution in [1.29, 1.82) is 0 Å². The van der Waals surface area contributed by atoms with E-state index in [1.807, 2.05) is 27.7 Å². The summed E-state index contributed by atoms with van der Waals surface area (Å²) in [5, 5.41) is 0. The highest BCUT2D eigenvalue weighted by atomic mass is 19.1. The number of amides is 1. The normalized spacial score (nSPS) is 14.4. The van der Waals surface area contributed by atoms with Gasteiger partial charge in [0.15, 0.2) is 0 Å². The molecule has 4 nitrogen and oxygen atoms in total. The van der Waals surface area contributed by atoms with Gasteiger partial charge < -0.3 is 14.4 Å². The highest BCUT2D eigenvalue weighted by Crippen LogP contribution is 2.29. The lowest BCUT2D eigenvalue weighted by molar-refractivity contribution is 0.0299. The summed E-state index contributed by atoms with van der Waals surface area (Å²) >= 11 is 0. The molecule has 1 heterocycles. The monoisotopic (exact) mass is 311 g/mol. The molecule has 0 unspecified atom stereocenters. The molecule has 0 bridgehead atoms. The Morgan fingerprint density at radius 2 is 1.86 bits per heavy atom. The van der Waals surface area contributed by atoms with Crippen molar-refractivity contribution in [2.24, 2.45) is 0 Å². The van der Waals surface area contributed by atoms with E-state index in [2.05, 4.69) is 0 Å². The first-order valence-electron chi connectivity index (χ1n) is 7.79. The lowest BCUT2D eigenvalue weighted by Gasteiger charge is -2.27. The second-order valence-electron chi connectivity index (χ2n) is 5.13. The van der Waals surface area contributed by atoms with Crippen LogP contribution in [0.2, 0.25) is 0 Å². The maximum Gasteiger partial charge on any atom is 0.257 e. The highest BCUT2D eigenvalue weighted by Gasteiger charge is 2.23. The van der Waals surface area contributed by atoms with Crippen LogP contribution in [0.4, 0.5) is 4.39 Å². The number of methoxy groups -OCH3 is 1. The van der Waals surface area contributed by atoms with Crippen LogP contribution in [0.1, 0.15) is 49.5 Å². The predicted molar refractivity (Wildman–Crippen MR) is 85.1 cm³/mol. The molecular formula is C17H26FNO3. The number of halogens is 1. The van der Waals surface area contributed by atoms with E-state index in [1.165, 1.54) is 19.2 Å². The van der Waals surface area contributed by atoms with Crippen molar-refractivity contribution in [3.05, 3.63) is 29.1 Å². The molecule has 1 aromatic rings. The van der Waals surface area contributed by atoms with E-state index in [-0.39, 0.29) is 17.4 Å². The SMILES string of the molecule is CC.COc1cc(C(=O)N2CCOCC2)c(F)cc1C(C)C. The first-order chi connectivity index (χ1) is 10.5. The lowest BCUT2D eigenvalue weighted by atomic mass is 9.99. The van der Waals surface area contributed by atoms with E-state index >= 15 is 0 Å². The molecule has 0 radical (unpaired) electrons. The van der Waals surface area contributed by atoms with E-state index in [9.17, 15) is 9.18 Å². The van der Waals surface area contributed by atoms with Crippen LogP contribution in [-0.4, -0.2) is 44.2 Å². The van der Waals surface area contributed by atoms with E-state index in [0.29, 0.717) is 32.1 Å². The number of morpholine rings is 1. The molecule has 0 spiro atoms. The summed E-state index contributed by atoms with van der Waals surface area (Å²) in [6, 6.07) is 2.90. The summed E-state index contributed by atoms with van der Waals surface area (Å²) in [6.45, 7) is 9.89. The van der Waals surface area contributed by atoms with Gasteiger partial charge in [0.05, 0.1) is 25.9 Å². The largest absolute Gasteiger partial charge is 0.496 e. The van der Waals surface area contributed by atoms with Gasteiger partial charge in [0.1, 0.15) is 11.6 Å². The zero-order chi connectivity index (χ0) is 16.7. The van der Waals surface area contributed by atoms with Gasteiger partial charge in [-0.05, 0) is 23.6 Å². The van der Waals surface area contributed by atoms with E-state index in [1.54, 1.807) is 4.90 Å². The van der Waals surface area contributed by atoms with Gasteiger partial charge in [0, 0.05) is 13.1 Å². The first-order valence-corrected chi connectivity index (χ1v) is 7.79.